The quantitative estimate of drug-likeness (QED) is 0.773. The molecule has 0 saturated heterocycles. The van der Waals surface area contributed by atoms with Crippen molar-refractivity contribution in [1.82, 2.24) is 5.32 Å². The monoisotopic (exact) mass is 342 g/mol. The van der Waals surface area contributed by atoms with Crippen LogP contribution in [0.2, 0.25) is 0 Å². The van der Waals surface area contributed by atoms with E-state index in [1.165, 1.54) is 0 Å². The summed E-state index contributed by atoms with van der Waals surface area (Å²) >= 11 is 0. The minimum Gasteiger partial charge on any atom is -0.497 e. The van der Waals surface area contributed by atoms with Gasteiger partial charge in [0.2, 0.25) is 0 Å². The van der Waals surface area contributed by atoms with Gasteiger partial charge in [-0.1, -0.05) is 25.1 Å². The van der Waals surface area contributed by atoms with Gasteiger partial charge in [-0.15, -0.1) is 0 Å². The Morgan fingerprint density at radius 3 is 2.56 bits per heavy atom. The van der Waals surface area contributed by atoms with Crippen LogP contribution in [0, 0.1) is 0 Å². The first-order chi connectivity index (χ1) is 12.1. The van der Waals surface area contributed by atoms with Crippen LogP contribution in [0.4, 0.5) is 5.69 Å². The maximum absolute atomic E-state index is 12.1. The van der Waals surface area contributed by atoms with Crippen molar-refractivity contribution >= 4 is 17.5 Å². The number of amides is 2. The van der Waals surface area contributed by atoms with Crippen molar-refractivity contribution in [1.29, 1.82) is 0 Å². The van der Waals surface area contributed by atoms with Gasteiger partial charge < -0.3 is 20.1 Å². The van der Waals surface area contributed by atoms with E-state index in [9.17, 15) is 9.59 Å². The number of ether oxygens (including phenoxy) is 2. The van der Waals surface area contributed by atoms with Crippen LogP contribution in [0.25, 0.3) is 0 Å². The molecule has 0 radical (unpaired) electrons. The van der Waals surface area contributed by atoms with Crippen molar-refractivity contribution in [3.05, 3.63) is 54.1 Å². The molecule has 0 aromatic heterocycles. The van der Waals surface area contributed by atoms with Crippen molar-refractivity contribution < 1.29 is 19.1 Å². The molecule has 0 aliphatic heterocycles. The summed E-state index contributed by atoms with van der Waals surface area (Å²) in [5, 5.41) is 5.51. The molecule has 2 aromatic carbocycles. The lowest BCUT2D eigenvalue weighted by Crippen LogP contribution is -2.27. The number of carbonyl (C=O) groups excluding carboxylic acids is 2. The fourth-order valence-corrected chi connectivity index (χ4v) is 2.15. The fraction of sp³-hybridized carbons (Fsp3) is 0.263. The summed E-state index contributed by atoms with van der Waals surface area (Å²) in [6.07, 6.45) is 0.842. The summed E-state index contributed by atoms with van der Waals surface area (Å²) < 4.78 is 10.6. The van der Waals surface area contributed by atoms with E-state index in [-0.39, 0.29) is 18.4 Å². The van der Waals surface area contributed by atoms with Crippen LogP contribution in [0.15, 0.2) is 48.5 Å². The number of rotatable bonds is 8. The third kappa shape index (κ3) is 5.53. The summed E-state index contributed by atoms with van der Waals surface area (Å²) in [6, 6.07) is 13.9. The number of methoxy groups -OCH3 is 1. The molecule has 0 saturated carbocycles. The van der Waals surface area contributed by atoms with Gasteiger partial charge >= 0.3 is 0 Å². The number of carbonyl (C=O) groups is 2. The summed E-state index contributed by atoms with van der Waals surface area (Å²) in [5.41, 5.74) is 0.876. The van der Waals surface area contributed by atoms with Crippen molar-refractivity contribution in [2.75, 3.05) is 25.6 Å². The fourth-order valence-electron chi connectivity index (χ4n) is 2.15. The van der Waals surface area contributed by atoms with Gasteiger partial charge in [0.25, 0.3) is 11.8 Å². The molecule has 0 aliphatic carbocycles. The lowest BCUT2D eigenvalue weighted by Gasteiger charge is -2.12. The first kappa shape index (κ1) is 18.3. The Bertz CT molecular complexity index is 731. The van der Waals surface area contributed by atoms with Gasteiger partial charge in [-0.2, -0.15) is 0 Å². The standard InChI is InChI=1S/C19H22N2O4/c1-3-11-20-19(23)16-9-4-5-10-17(16)21-18(22)13-25-15-8-6-7-14(12-15)24-2/h4-10,12H,3,11,13H2,1-2H3,(H,20,23)(H,21,22). The minimum atomic E-state index is -0.349. The molecule has 0 spiro atoms. The zero-order valence-electron chi connectivity index (χ0n) is 14.4. The molecule has 2 N–H and O–H groups in total. The van der Waals surface area contributed by atoms with Crippen molar-refractivity contribution in [2.45, 2.75) is 13.3 Å². The first-order valence-electron chi connectivity index (χ1n) is 8.08. The second-order valence-corrected chi connectivity index (χ2v) is 5.32. The second-order valence-electron chi connectivity index (χ2n) is 5.32. The molecular formula is C19H22N2O4. The number of benzene rings is 2. The number of anilines is 1. The van der Waals surface area contributed by atoms with Gasteiger partial charge in [0.15, 0.2) is 6.61 Å². The second kappa shape index (κ2) is 9.32. The van der Waals surface area contributed by atoms with Gasteiger partial charge in [0, 0.05) is 12.6 Å². The average Bonchev–Trinajstić information content (AvgIpc) is 2.65. The molecule has 0 unspecified atom stereocenters. The van der Waals surface area contributed by atoms with Crippen LogP contribution in [0.5, 0.6) is 11.5 Å². The molecule has 0 aliphatic rings. The van der Waals surface area contributed by atoms with Crippen molar-refractivity contribution in [2.24, 2.45) is 0 Å². The molecule has 25 heavy (non-hydrogen) atoms. The van der Waals surface area contributed by atoms with Gasteiger partial charge in [-0.3, -0.25) is 9.59 Å². The Labute approximate surface area is 147 Å². The molecule has 0 bridgehead atoms. The van der Waals surface area contributed by atoms with Gasteiger partial charge in [-0.25, -0.2) is 0 Å². The molecule has 0 heterocycles. The number of hydrogen-bond donors (Lipinski definition) is 2. The van der Waals surface area contributed by atoms with Crippen LogP contribution < -0.4 is 20.1 Å². The van der Waals surface area contributed by atoms with Crippen molar-refractivity contribution in [3.63, 3.8) is 0 Å². The highest BCUT2D eigenvalue weighted by molar-refractivity contribution is 6.04. The van der Waals surface area contributed by atoms with Crippen LogP contribution >= 0.6 is 0 Å². The highest BCUT2D eigenvalue weighted by atomic mass is 16.5. The Hall–Kier alpha value is -3.02. The third-order valence-electron chi connectivity index (χ3n) is 3.39. The van der Waals surface area contributed by atoms with Crippen LogP contribution in [0.3, 0.4) is 0 Å². The zero-order valence-corrected chi connectivity index (χ0v) is 14.4. The summed E-state index contributed by atoms with van der Waals surface area (Å²) in [5.74, 6) is 0.615. The van der Waals surface area contributed by atoms with Gasteiger partial charge in [0.05, 0.1) is 18.4 Å². The lowest BCUT2D eigenvalue weighted by molar-refractivity contribution is -0.118. The predicted molar refractivity (Wildman–Crippen MR) is 96.2 cm³/mol. The van der Waals surface area contributed by atoms with Crippen LogP contribution in [0.1, 0.15) is 23.7 Å². The molecule has 0 atom stereocenters. The number of hydrogen-bond acceptors (Lipinski definition) is 4. The van der Waals surface area contributed by atoms with E-state index in [1.807, 2.05) is 6.92 Å². The first-order valence-corrected chi connectivity index (χ1v) is 8.08. The van der Waals surface area contributed by atoms with Crippen LogP contribution in [-0.2, 0) is 4.79 Å². The SMILES string of the molecule is CCCNC(=O)c1ccccc1NC(=O)COc1cccc(OC)c1. The van der Waals surface area contributed by atoms with Crippen LogP contribution in [-0.4, -0.2) is 32.1 Å². The lowest BCUT2D eigenvalue weighted by atomic mass is 10.1. The Balaban J connectivity index is 1.97. The molecule has 2 aromatic rings. The maximum Gasteiger partial charge on any atom is 0.262 e. The van der Waals surface area contributed by atoms with E-state index in [0.29, 0.717) is 29.3 Å². The topological polar surface area (TPSA) is 76.7 Å². The molecule has 0 fully saturated rings. The highest BCUT2D eigenvalue weighted by Gasteiger charge is 2.13. The van der Waals surface area contributed by atoms with E-state index in [2.05, 4.69) is 10.6 Å². The molecular weight excluding hydrogens is 320 g/mol. The highest BCUT2D eigenvalue weighted by Crippen LogP contribution is 2.19. The van der Waals surface area contributed by atoms with E-state index in [4.69, 9.17) is 9.47 Å². The molecule has 132 valence electrons. The maximum atomic E-state index is 12.1. The smallest absolute Gasteiger partial charge is 0.262 e. The average molecular weight is 342 g/mol. The Kier molecular flexibility index (Phi) is 6.83. The zero-order chi connectivity index (χ0) is 18.1. The normalized spacial score (nSPS) is 10.0. The molecule has 2 amide bonds. The van der Waals surface area contributed by atoms with E-state index < -0.39 is 0 Å². The van der Waals surface area contributed by atoms with E-state index >= 15 is 0 Å². The largest absolute Gasteiger partial charge is 0.497 e. The van der Waals surface area contributed by atoms with E-state index in [0.717, 1.165) is 6.42 Å². The van der Waals surface area contributed by atoms with Crippen molar-refractivity contribution in [3.8, 4) is 11.5 Å². The number of para-hydroxylation sites is 1. The van der Waals surface area contributed by atoms with Gasteiger partial charge in [0.1, 0.15) is 11.5 Å². The summed E-state index contributed by atoms with van der Waals surface area (Å²) in [7, 11) is 1.56. The van der Waals surface area contributed by atoms with Gasteiger partial charge in [-0.05, 0) is 30.7 Å². The minimum absolute atomic E-state index is 0.169. The number of nitrogens with one attached hydrogen (secondary N) is 2. The molecule has 6 heteroatoms. The third-order valence-corrected chi connectivity index (χ3v) is 3.39. The Morgan fingerprint density at radius 2 is 1.80 bits per heavy atom. The summed E-state index contributed by atoms with van der Waals surface area (Å²) in [6.45, 7) is 2.39. The molecule has 2 rings (SSSR count). The molecule has 6 nitrogen and oxygen atoms in total. The Morgan fingerprint density at radius 1 is 1.04 bits per heavy atom. The van der Waals surface area contributed by atoms with E-state index in [1.54, 1.807) is 55.6 Å². The predicted octanol–water partition coefficient (Wildman–Crippen LogP) is 2.85. The summed E-state index contributed by atoms with van der Waals surface area (Å²) in [4.78, 5) is 24.3.